The molecule has 0 radical (unpaired) electrons. The van der Waals surface area contributed by atoms with Gasteiger partial charge in [0.2, 0.25) is 5.83 Å². The van der Waals surface area contributed by atoms with Crippen molar-refractivity contribution < 1.29 is 23.1 Å². The third-order valence-electron chi connectivity index (χ3n) is 2.33. The molecule has 114 valence electrons. The fourth-order valence-corrected chi connectivity index (χ4v) is 1.38. The van der Waals surface area contributed by atoms with Gasteiger partial charge in [0.15, 0.2) is 0 Å². The zero-order valence-corrected chi connectivity index (χ0v) is 11.5. The summed E-state index contributed by atoms with van der Waals surface area (Å²) >= 11 is 0. The van der Waals surface area contributed by atoms with Crippen molar-refractivity contribution in [3.05, 3.63) is 42.0 Å². The van der Waals surface area contributed by atoms with Gasteiger partial charge < -0.3 is 15.4 Å². The number of hydrogen-bond donors (Lipinski definition) is 2. The van der Waals surface area contributed by atoms with Gasteiger partial charge in [-0.3, -0.25) is 0 Å². The van der Waals surface area contributed by atoms with Gasteiger partial charge in [0.1, 0.15) is 5.82 Å². The summed E-state index contributed by atoms with van der Waals surface area (Å²) in [5, 5.41) is 4.94. The standard InChI is InChI=1S/C14H16F2N2O3/c1-2-21-13(19)12(16)4-3-9-17-14(20)18-11-7-5-10(15)6-8-11/h4-8H,2-3,9H2,1H3,(H2,17,18,20)/b12-4-. The van der Waals surface area contributed by atoms with Crippen LogP contribution in [-0.2, 0) is 9.53 Å². The normalized spacial score (nSPS) is 10.9. The maximum absolute atomic E-state index is 13.1. The number of nitrogens with one attached hydrogen (secondary N) is 2. The van der Waals surface area contributed by atoms with Gasteiger partial charge in [-0.15, -0.1) is 0 Å². The number of benzene rings is 1. The smallest absolute Gasteiger partial charge is 0.366 e. The number of carbonyl (C=O) groups is 2. The van der Waals surface area contributed by atoms with Crippen LogP contribution in [0.25, 0.3) is 0 Å². The molecular formula is C14H16F2N2O3. The van der Waals surface area contributed by atoms with E-state index in [0.29, 0.717) is 5.69 Å². The molecule has 0 saturated heterocycles. The molecule has 0 aliphatic rings. The Morgan fingerprint density at radius 2 is 1.95 bits per heavy atom. The molecule has 0 atom stereocenters. The van der Waals surface area contributed by atoms with E-state index in [0.717, 1.165) is 6.08 Å². The molecule has 1 aromatic carbocycles. The van der Waals surface area contributed by atoms with Crippen LogP contribution in [0.15, 0.2) is 36.2 Å². The monoisotopic (exact) mass is 298 g/mol. The molecule has 5 nitrogen and oxygen atoms in total. The van der Waals surface area contributed by atoms with Crippen molar-refractivity contribution in [2.45, 2.75) is 13.3 Å². The van der Waals surface area contributed by atoms with Crippen molar-refractivity contribution >= 4 is 17.7 Å². The van der Waals surface area contributed by atoms with Crippen LogP contribution in [0.3, 0.4) is 0 Å². The fraction of sp³-hybridized carbons (Fsp3) is 0.286. The highest BCUT2D eigenvalue weighted by atomic mass is 19.1. The molecule has 0 saturated carbocycles. The highest BCUT2D eigenvalue weighted by Gasteiger charge is 2.08. The minimum Gasteiger partial charge on any atom is -0.461 e. The van der Waals surface area contributed by atoms with E-state index in [9.17, 15) is 18.4 Å². The molecule has 2 N–H and O–H groups in total. The zero-order valence-electron chi connectivity index (χ0n) is 11.5. The first-order valence-corrected chi connectivity index (χ1v) is 6.36. The van der Waals surface area contributed by atoms with Crippen LogP contribution < -0.4 is 10.6 Å². The number of ether oxygens (including phenoxy) is 1. The van der Waals surface area contributed by atoms with Crippen molar-refractivity contribution in [3.63, 3.8) is 0 Å². The van der Waals surface area contributed by atoms with Gasteiger partial charge in [-0.2, -0.15) is 4.39 Å². The van der Waals surface area contributed by atoms with Gasteiger partial charge >= 0.3 is 12.0 Å². The number of carbonyl (C=O) groups excluding carboxylic acids is 2. The average molecular weight is 298 g/mol. The van der Waals surface area contributed by atoms with Gasteiger partial charge in [-0.05, 0) is 43.7 Å². The van der Waals surface area contributed by atoms with Crippen LogP contribution in [0.2, 0.25) is 0 Å². The Hall–Kier alpha value is -2.44. The molecule has 0 unspecified atom stereocenters. The molecule has 0 aliphatic heterocycles. The summed E-state index contributed by atoms with van der Waals surface area (Å²) in [5.41, 5.74) is 0.433. The number of anilines is 1. The van der Waals surface area contributed by atoms with Gasteiger partial charge in [0.05, 0.1) is 6.61 Å². The highest BCUT2D eigenvalue weighted by molar-refractivity contribution is 5.89. The summed E-state index contributed by atoms with van der Waals surface area (Å²) in [6, 6.07) is 4.75. The zero-order chi connectivity index (χ0) is 15.7. The summed E-state index contributed by atoms with van der Waals surface area (Å²) in [4.78, 5) is 22.4. The van der Waals surface area contributed by atoms with Crippen molar-refractivity contribution in [2.75, 3.05) is 18.5 Å². The van der Waals surface area contributed by atoms with E-state index in [1.807, 2.05) is 0 Å². The van der Waals surface area contributed by atoms with E-state index in [1.165, 1.54) is 24.3 Å². The van der Waals surface area contributed by atoms with Crippen LogP contribution in [0.1, 0.15) is 13.3 Å². The van der Waals surface area contributed by atoms with Crippen LogP contribution >= 0.6 is 0 Å². The Morgan fingerprint density at radius 1 is 1.29 bits per heavy atom. The van der Waals surface area contributed by atoms with E-state index in [-0.39, 0.29) is 19.6 Å². The highest BCUT2D eigenvalue weighted by Crippen LogP contribution is 2.07. The summed E-state index contributed by atoms with van der Waals surface area (Å²) in [6.07, 6.45) is 1.18. The predicted octanol–water partition coefficient (Wildman–Crippen LogP) is 2.75. The van der Waals surface area contributed by atoms with Crippen molar-refractivity contribution in [1.29, 1.82) is 0 Å². The molecule has 21 heavy (non-hydrogen) atoms. The topological polar surface area (TPSA) is 67.4 Å². The van der Waals surface area contributed by atoms with Gasteiger partial charge in [-0.25, -0.2) is 14.0 Å². The van der Waals surface area contributed by atoms with Crippen LogP contribution in [-0.4, -0.2) is 25.2 Å². The second-order valence-electron chi connectivity index (χ2n) is 3.95. The van der Waals surface area contributed by atoms with Gasteiger partial charge in [0, 0.05) is 12.2 Å². The molecule has 0 aliphatic carbocycles. The summed E-state index contributed by atoms with van der Waals surface area (Å²) in [6.45, 7) is 1.81. The number of hydrogen-bond acceptors (Lipinski definition) is 3. The fourth-order valence-electron chi connectivity index (χ4n) is 1.38. The molecule has 0 fully saturated rings. The molecular weight excluding hydrogens is 282 g/mol. The number of esters is 1. The van der Waals surface area contributed by atoms with Crippen molar-refractivity contribution in [3.8, 4) is 0 Å². The Morgan fingerprint density at radius 3 is 2.57 bits per heavy atom. The summed E-state index contributed by atoms with van der Waals surface area (Å²) < 4.78 is 30.2. The number of rotatable bonds is 6. The van der Waals surface area contributed by atoms with Crippen molar-refractivity contribution in [2.24, 2.45) is 0 Å². The maximum atomic E-state index is 13.1. The first kappa shape index (κ1) is 16.6. The number of halogens is 2. The first-order valence-electron chi connectivity index (χ1n) is 6.36. The van der Waals surface area contributed by atoms with Gasteiger partial charge in [-0.1, -0.05) is 0 Å². The molecule has 0 aromatic heterocycles. The average Bonchev–Trinajstić information content (AvgIpc) is 2.46. The molecule has 0 heterocycles. The lowest BCUT2D eigenvalue weighted by molar-refractivity contribution is -0.140. The third kappa shape index (κ3) is 6.51. The minimum atomic E-state index is -1.02. The molecule has 2 amide bonds. The van der Waals surface area contributed by atoms with E-state index in [4.69, 9.17) is 0 Å². The van der Waals surface area contributed by atoms with Crippen LogP contribution in [0.5, 0.6) is 0 Å². The Kier molecular flexibility index (Phi) is 6.86. The van der Waals surface area contributed by atoms with E-state index in [1.54, 1.807) is 6.92 Å². The van der Waals surface area contributed by atoms with Crippen LogP contribution in [0.4, 0.5) is 19.3 Å². The Bertz CT molecular complexity index is 515. The van der Waals surface area contributed by atoms with E-state index >= 15 is 0 Å². The number of urea groups is 1. The maximum Gasteiger partial charge on any atom is 0.366 e. The Labute approximate surface area is 121 Å². The van der Waals surface area contributed by atoms with Crippen molar-refractivity contribution in [1.82, 2.24) is 5.32 Å². The molecule has 0 spiro atoms. The van der Waals surface area contributed by atoms with E-state index < -0.39 is 23.6 Å². The lowest BCUT2D eigenvalue weighted by atomic mass is 10.3. The first-order chi connectivity index (χ1) is 10.0. The molecule has 1 aromatic rings. The van der Waals surface area contributed by atoms with Gasteiger partial charge in [0.25, 0.3) is 0 Å². The minimum absolute atomic E-state index is 0.0957. The second kappa shape index (κ2) is 8.68. The second-order valence-corrected chi connectivity index (χ2v) is 3.95. The lowest BCUT2D eigenvalue weighted by Gasteiger charge is -2.06. The molecule has 7 heteroatoms. The quantitative estimate of drug-likeness (QED) is 0.482. The van der Waals surface area contributed by atoms with E-state index in [2.05, 4.69) is 15.4 Å². The molecule has 1 rings (SSSR count). The third-order valence-corrected chi connectivity index (χ3v) is 2.33. The number of amides is 2. The molecule has 0 bridgehead atoms. The summed E-state index contributed by atoms with van der Waals surface area (Å²) in [5.74, 6) is -2.41. The lowest BCUT2D eigenvalue weighted by Crippen LogP contribution is -2.29. The largest absolute Gasteiger partial charge is 0.461 e. The predicted molar refractivity (Wildman–Crippen MR) is 73.9 cm³/mol. The van der Waals surface area contributed by atoms with Crippen LogP contribution in [0, 0.1) is 5.82 Å². The summed E-state index contributed by atoms with van der Waals surface area (Å²) in [7, 11) is 0. The Balaban J connectivity index is 2.29. The SMILES string of the molecule is CCOC(=O)/C(F)=C/CCNC(=O)Nc1ccc(F)cc1.